The predicted molar refractivity (Wildman–Crippen MR) is 80.6 cm³/mol. The number of fused-ring (bicyclic) bond motifs is 1. The van der Waals surface area contributed by atoms with Gasteiger partial charge in [0, 0.05) is 44.5 Å². The van der Waals surface area contributed by atoms with Gasteiger partial charge in [-0.2, -0.15) is 0 Å². The van der Waals surface area contributed by atoms with Crippen LogP contribution in [0.3, 0.4) is 0 Å². The first-order chi connectivity index (χ1) is 9.93. The number of pyridine rings is 1. The smallest absolute Gasteiger partial charge is 0.252 e. The van der Waals surface area contributed by atoms with Crippen LogP contribution in [-0.4, -0.2) is 55.0 Å². The van der Waals surface area contributed by atoms with Crippen molar-refractivity contribution in [2.75, 3.05) is 32.4 Å². The van der Waals surface area contributed by atoms with Gasteiger partial charge in [-0.3, -0.25) is 9.69 Å². The van der Waals surface area contributed by atoms with Gasteiger partial charge < -0.3 is 4.98 Å². The summed E-state index contributed by atoms with van der Waals surface area (Å²) in [6.45, 7) is 3.69. The number of H-pyrrole nitrogens is 1. The second kappa shape index (κ2) is 5.55. The van der Waals surface area contributed by atoms with Crippen LogP contribution < -0.4 is 5.56 Å². The Hall–Kier alpha value is -1.18. The van der Waals surface area contributed by atoms with Crippen molar-refractivity contribution < 1.29 is 8.42 Å². The van der Waals surface area contributed by atoms with Gasteiger partial charge in [-0.1, -0.05) is 0 Å². The number of nitrogens with one attached hydrogen (secondary N) is 1. The van der Waals surface area contributed by atoms with Gasteiger partial charge in [0.2, 0.25) is 10.0 Å². The molecule has 0 radical (unpaired) electrons. The predicted octanol–water partition coefficient (Wildman–Crippen LogP) is 0.0145. The third-order valence-electron chi connectivity index (χ3n) is 4.47. The number of sulfonamides is 1. The number of aromatic amines is 1. The van der Waals surface area contributed by atoms with Gasteiger partial charge in [-0.05, 0) is 30.4 Å². The first kappa shape index (κ1) is 14.7. The van der Waals surface area contributed by atoms with Crippen LogP contribution in [0.2, 0.25) is 0 Å². The molecule has 0 aliphatic carbocycles. The van der Waals surface area contributed by atoms with Crippen LogP contribution in [0.1, 0.15) is 17.5 Å². The Morgan fingerprint density at radius 2 is 2.19 bits per heavy atom. The van der Waals surface area contributed by atoms with E-state index in [4.69, 9.17) is 0 Å². The van der Waals surface area contributed by atoms with E-state index in [0.717, 1.165) is 37.1 Å². The van der Waals surface area contributed by atoms with Crippen molar-refractivity contribution in [2.45, 2.75) is 19.4 Å². The third kappa shape index (κ3) is 3.20. The lowest BCUT2D eigenvalue weighted by molar-refractivity contribution is 0.216. The molecule has 7 heteroatoms. The molecule has 116 valence electrons. The highest BCUT2D eigenvalue weighted by Crippen LogP contribution is 2.22. The molecule has 1 aromatic rings. The number of hydrogen-bond donors (Lipinski definition) is 1. The summed E-state index contributed by atoms with van der Waals surface area (Å²) in [6.07, 6.45) is 4.77. The molecule has 0 aromatic carbocycles. The fourth-order valence-corrected chi connectivity index (χ4v) is 4.23. The highest BCUT2D eigenvalue weighted by Gasteiger charge is 2.30. The van der Waals surface area contributed by atoms with Crippen molar-refractivity contribution >= 4 is 10.0 Å². The number of nitrogens with zero attached hydrogens (tertiary/aromatic N) is 2. The van der Waals surface area contributed by atoms with Crippen LogP contribution in [0.5, 0.6) is 0 Å². The summed E-state index contributed by atoms with van der Waals surface area (Å²) in [5.41, 5.74) is 2.00. The zero-order valence-electron chi connectivity index (χ0n) is 12.2. The van der Waals surface area contributed by atoms with Crippen molar-refractivity contribution in [1.82, 2.24) is 14.2 Å². The Morgan fingerprint density at radius 3 is 2.90 bits per heavy atom. The molecule has 2 aliphatic rings. The van der Waals surface area contributed by atoms with Gasteiger partial charge in [-0.25, -0.2) is 12.7 Å². The maximum absolute atomic E-state index is 11.9. The Balaban J connectivity index is 1.64. The quantitative estimate of drug-likeness (QED) is 0.854. The van der Waals surface area contributed by atoms with Crippen LogP contribution >= 0.6 is 0 Å². The fraction of sp³-hybridized carbons (Fsp3) is 0.643. The number of hydrogen-bond acceptors (Lipinski definition) is 4. The van der Waals surface area contributed by atoms with Crippen LogP contribution in [0.4, 0.5) is 0 Å². The van der Waals surface area contributed by atoms with Gasteiger partial charge >= 0.3 is 0 Å². The van der Waals surface area contributed by atoms with Gasteiger partial charge in [-0.15, -0.1) is 0 Å². The highest BCUT2D eigenvalue weighted by molar-refractivity contribution is 7.88. The van der Waals surface area contributed by atoms with Crippen molar-refractivity contribution in [3.63, 3.8) is 0 Å². The van der Waals surface area contributed by atoms with E-state index in [1.54, 1.807) is 10.5 Å². The van der Waals surface area contributed by atoms with Crippen molar-refractivity contribution in [3.8, 4) is 0 Å². The Bertz CT molecular complexity index is 683. The second-order valence-corrected chi connectivity index (χ2v) is 8.05. The van der Waals surface area contributed by atoms with Crippen molar-refractivity contribution in [1.29, 1.82) is 0 Å². The van der Waals surface area contributed by atoms with Crippen LogP contribution in [0.25, 0.3) is 0 Å². The molecule has 1 N–H and O–H groups in total. The van der Waals surface area contributed by atoms with Crippen molar-refractivity contribution in [3.05, 3.63) is 33.7 Å². The summed E-state index contributed by atoms with van der Waals surface area (Å²) in [5.74, 6) is 0.365. The normalized spacial score (nSPS) is 24.1. The molecule has 3 heterocycles. The zero-order valence-corrected chi connectivity index (χ0v) is 13.0. The maximum atomic E-state index is 11.9. The lowest BCUT2D eigenvalue weighted by Gasteiger charge is -2.30. The van der Waals surface area contributed by atoms with E-state index in [9.17, 15) is 13.2 Å². The minimum atomic E-state index is -3.07. The van der Waals surface area contributed by atoms with E-state index in [1.807, 2.05) is 6.07 Å². The van der Waals surface area contributed by atoms with Gasteiger partial charge in [0.05, 0.1) is 6.26 Å². The lowest BCUT2D eigenvalue weighted by atomic mass is 10.00. The number of aromatic nitrogens is 1. The van der Waals surface area contributed by atoms with Gasteiger partial charge in [0.1, 0.15) is 0 Å². The summed E-state index contributed by atoms with van der Waals surface area (Å²) in [5, 5.41) is 0. The highest BCUT2D eigenvalue weighted by atomic mass is 32.2. The largest absolute Gasteiger partial charge is 0.329 e. The summed E-state index contributed by atoms with van der Waals surface area (Å²) in [4.78, 5) is 16.9. The molecule has 0 saturated carbocycles. The molecule has 0 spiro atoms. The second-order valence-electron chi connectivity index (χ2n) is 6.07. The molecular formula is C14H21N3O3S. The van der Waals surface area contributed by atoms with E-state index in [1.165, 1.54) is 6.26 Å². The van der Waals surface area contributed by atoms with E-state index >= 15 is 0 Å². The molecule has 3 rings (SSSR count). The van der Waals surface area contributed by atoms with Crippen LogP contribution in [0.15, 0.2) is 17.1 Å². The van der Waals surface area contributed by atoms with Gasteiger partial charge in [0.15, 0.2) is 0 Å². The third-order valence-corrected chi connectivity index (χ3v) is 5.74. The molecular weight excluding hydrogens is 290 g/mol. The standard InChI is InChI=1S/C14H21N3O3S/c1-21(19,20)17-7-3-11(9-17)8-16-6-4-12-2-5-15-14(18)13(12)10-16/h2,5,11H,3-4,6-10H2,1H3,(H,15,18). The Kier molecular flexibility index (Phi) is 3.90. The topological polar surface area (TPSA) is 73.5 Å². The van der Waals surface area contributed by atoms with Gasteiger partial charge in [0.25, 0.3) is 5.56 Å². The SMILES string of the molecule is CS(=O)(=O)N1CCC(CN2CCc3cc[nH]c(=O)c3C2)C1. The molecule has 1 unspecified atom stereocenters. The van der Waals surface area contributed by atoms with E-state index in [2.05, 4.69) is 9.88 Å². The average Bonchev–Trinajstić information content (AvgIpc) is 2.88. The monoisotopic (exact) mass is 311 g/mol. The van der Waals surface area contributed by atoms with E-state index in [0.29, 0.717) is 25.6 Å². The average molecular weight is 311 g/mol. The minimum absolute atomic E-state index is 0.00128. The molecule has 6 nitrogen and oxygen atoms in total. The summed E-state index contributed by atoms with van der Waals surface area (Å²) >= 11 is 0. The molecule has 0 bridgehead atoms. The van der Waals surface area contributed by atoms with Crippen molar-refractivity contribution in [2.24, 2.45) is 5.92 Å². The summed E-state index contributed by atoms with van der Waals surface area (Å²) < 4.78 is 24.7. The maximum Gasteiger partial charge on any atom is 0.252 e. The minimum Gasteiger partial charge on any atom is -0.329 e. The molecule has 1 aromatic heterocycles. The first-order valence-electron chi connectivity index (χ1n) is 7.30. The summed E-state index contributed by atoms with van der Waals surface area (Å²) in [6, 6.07) is 1.98. The zero-order chi connectivity index (χ0) is 15.0. The molecule has 1 saturated heterocycles. The van der Waals surface area contributed by atoms with Crippen LogP contribution in [-0.2, 0) is 23.0 Å². The summed E-state index contributed by atoms with van der Waals surface area (Å²) in [7, 11) is -3.07. The lowest BCUT2D eigenvalue weighted by Crippen LogP contribution is -2.38. The Morgan fingerprint density at radius 1 is 1.38 bits per heavy atom. The fourth-order valence-electron chi connectivity index (χ4n) is 3.31. The molecule has 2 aliphatic heterocycles. The molecule has 1 atom stereocenters. The number of rotatable bonds is 3. The van der Waals surface area contributed by atoms with Crippen LogP contribution in [0, 0.1) is 5.92 Å². The molecule has 0 amide bonds. The molecule has 1 fully saturated rings. The molecule has 21 heavy (non-hydrogen) atoms. The van der Waals surface area contributed by atoms with E-state index < -0.39 is 10.0 Å². The van der Waals surface area contributed by atoms with E-state index in [-0.39, 0.29) is 5.56 Å². The first-order valence-corrected chi connectivity index (χ1v) is 9.15. The Labute approximate surface area is 124 Å².